The number of para-hydroxylation sites is 2. The van der Waals surface area contributed by atoms with Gasteiger partial charge in [0.15, 0.2) is 11.5 Å². The molecule has 0 saturated heterocycles. The van der Waals surface area contributed by atoms with E-state index in [1.54, 1.807) is 0 Å². The van der Waals surface area contributed by atoms with Crippen molar-refractivity contribution in [3.8, 4) is 11.5 Å². The first-order chi connectivity index (χ1) is 5.40. The summed E-state index contributed by atoms with van der Waals surface area (Å²) >= 11 is 0. The summed E-state index contributed by atoms with van der Waals surface area (Å²) < 4.78 is 11.0. The van der Waals surface area contributed by atoms with Crippen LogP contribution in [0.3, 0.4) is 0 Å². The minimum Gasteiger partial charge on any atom is -0.435 e. The maximum atomic E-state index is 5.50. The highest BCUT2D eigenvalue weighted by Gasteiger charge is 2.22. The van der Waals surface area contributed by atoms with Crippen molar-refractivity contribution in [2.45, 2.75) is 6.92 Å². The Kier molecular flexibility index (Phi) is 1.71. The zero-order valence-electron chi connectivity index (χ0n) is 6.28. The molecule has 3 heteroatoms. The van der Waals surface area contributed by atoms with Gasteiger partial charge in [0.2, 0.25) is 0 Å². The van der Waals surface area contributed by atoms with Crippen LogP contribution in [0.5, 0.6) is 11.5 Å². The first kappa shape index (κ1) is 6.93. The van der Waals surface area contributed by atoms with Crippen molar-refractivity contribution in [2.75, 3.05) is 6.16 Å². The van der Waals surface area contributed by atoms with Crippen molar-refractivity contribution in [1.29, 1.82) is 0 Å². The lowest BCUT2D eigenvalue weighted by atomic mass is 10.3. The Hall–Kier alpha value is -0.750. The second-order valence-corrected chi connectivity index (χ2v) is 3.94. The van der Waals surface area contributed by atoms with Gasteiger partial charge in [-0.25, -0.2) is 0 Å². The van der Waals surface area contributed by atoms with E-state index < -0.39 is 8.38 Å². The quantitative estimate of drug-likeness (QED) is 0.600. The molecule has 0 radical (unpaired) electrons. The number of hydrogen-bond acceptors (Lipinski definition) is 2. The summed E-state index contributed by atoms with van der Waals surface area (Å²) in [6.07, 6.45) is 0.948. The molecular weight excluding hydrogens is 159 g/mol. The third-order valence-corrected chi connectivity index (χ3v) is 2.82. The molecule has 1 aromatic carbocycles. The SMILES string of the molecule is CCP1Oc2ccccc2O1. The molecule has 0 unspecified atom stereocenters. The summed E-state index contributed by atoms with van der Waals surface area (Å²) in [5, 5.41) is 0. The van der Waals surface area contributed by atoms with Gasteiger partial charge in [0.25, 0.3) is 8.38 Å². The summed E-state index contributed by atoms with van der Waals surface area (Å²) in [5.74, 6) is 1.78. The second kappa shape index (κ2) is 2.71. The lowest BCUT2D eigenvalue weighted by Gasteiger charge is -2.02. The Labute approximate surface area is 67.1 Å². The van der Waals surface area contributed by atoms with Crippen molar-refractivity contribution in [1.82, 2.24) is 0 Å². The molecular formula is C8H9O2P. The van der Waals surface area contributed by atoms with Gasteiger partial charge >= 0.3 is 0 Å². The van der Waals surface area contributed by atoms with Gasteiger partial charge in [-0.2, -0.15) is 0 Å². The summed E-state index contributed by atoms with van der Waals surface area (Å²) in [6, 6.07) is 7.79. The van der Waals surface area contributed by atoms with Gasteiger partial charge < -0.3 is 9.05 Å². The van der Waals surface area contributed by atoms with Crippen LogP contribution in [-0.2, 0) is 0 Å². The van der Waals surface area contributed by atoms with Gasteiger partial charge in [-0.3, -0.25) is 0 Å². The van der Waals surface area contributed by atoms with E-state index in [4.69, 9.17) is 9.05 Å². The minimum atomic E-state index is -0.670. The van der Waals surface area contributed by atoms with Gasteiger partial charge in [-0.1, -0.05) is 19.1 Å². The number of benzene rings is 1. The standard InChI is InChI=1S/C8H9O2P/c1-2-11-9-7-5-3-4-6-8(7)10-11/h3-6H,2H2,1H3. The van der Waals surface area contributed by atoms with Crippen LogP contribution >= 0.6 is 8.38 Å². The van der Waals surface area contributed by atoms with Gasteiger partial charge in [0, 0.05) is 6.16 Å². The molecule has 0 saturated carbocycles. The molecule has 11 heavy (non-hydrogen) atoms. The fourth-order valence-corrected chi connectivity index (χ4v) is 2.00. The van der Waals surface area contributed by atoms with E-state index >= 15 is 0 Å². The smallest absolute Gasteiger partial charge is 0.290 e. The average Bonchev–Trinajstić information content (AvgIpc) is 2.46. The maximum absolute atomic E-state index is 5.50. The molecule has 58 valence electrons. The first-order valence-electron chi connectivity index (χ1n) is 3.62. The lowest BCUT2D eigenvalue weighted by Crippen LogP contribution is -1.85. The molecule has 0 aliphatic carbocycles. The van der Waals surface area contributed by atoms with Crippen LogP contribution in [0, 0.1) is 0 Å². The highest BCUT2D eigenvalue weighted by atomic mass is 31.2. The van der Waals surface area contributed by atoms with E-state index in [0.29, 0.717) is 0 Å². The molecule has 2 nitrogen and oxygen atoms in total. The molecule has 0 atom stereocenters. The zero-order valence-corrected chi connectivity index (χ0v) is 7.17. The lowest BCUT2D eigenvalue weighted by molar-refractivity contribution is 0.574. The van der Waals surface area contributed by atoms with Crippen LogP contribution in [0.1, 0.15) is 6.92 Å². The molecule has 0 bridgehead atoms. The van der Waals surface area contributed by atoms with E-state index in [9.17, 15) is 0 Å². The molecule has 1 heterocycles. The third kappa shape index (κ3) is 1.19. The van der Waals surface area contributed by atoms with Crippen molar-refractivity contribution < 1.29 is 9.05 Å². The summed E-state index contributed by atoms with van der Waals surface area (Å²) in [5.41, 5.74) is 0. The van der Waals surface area contributed by atoms with Crippen molar-refractivity contribution in [2.24, 2.45) is 0 Å². The van der Waals surface area contributed by atoms with E-state index in [1.165, 1.54) is 0 Å². The fraction of sp³-hybridized carbons (Fsp3) is 0.250. The van der Waals surface area contributed by atoms with E-state index in [2.05, 4.69) is 6.92 Å². The van der Waals surface area contributed by atoms with Crippen LogP contribution < -0.4 is 9.05 Å². The van der Waals surface area contributed by atoms with E-state index in [0.717, 1.165) is 17.7 Å². The first-order valence-corrected chi connectivity index (χ1v) is 4.99. The molecule has 0 N–H and O–H groups in total. The van der Waals surface area contributed by atoms with Gasteiger partial charge in [-0.15, -0.1) is 0 Å². The Balaban J connectivity index is 2.27. The average molecular weight is 168 g/mol. The van der Waals surface area contributed by atoms with E-state index in [-0.39, 0.29) is 0 Å². The van der Waals surface area contributed by atoms with Gasteiger partial charge in [0.05, 0.1) is 0 Å². The highest BCUT2D eigenvalue weighted by molar-refractivity contribution is 7.48. The minimum absolute atomic E-state index is 0.670. The topological polar surface area (TPSA) is 18.5 Å². The number of fused-ring (bicyclic) bond motifs is 1. The zero-order chi connectivity index (χ0) is 7.68. The summed E-state index contributed by atoms with van der Waals surface area (Å²) in [7, 11) is -0.670. The van der Waals surface area contributed by atoms with Crippen molar-refractivity contribution >= 4 is 8.38 Å². The van der Waals surface area contributed by atoms with Gasteiger partial charge in [-0.05, 0) is 12.1 Å². The molecule has 0 amide bonds. The molecule has 1 aromatic rings. The molecule has 0 spiro atoms. The summed E-state index contributed by atoms with van der Waals surface area (Å²) in [4.78, 5) is 0. The van der Waals surface area contributed by atoms with Crippen LogP contribution in [0.15, 0.2) is 24.3 Å². The van der Waals surface area contributed by atoms with Crippen LogP contribution in [-0.4, -0.2) is 6.16 Å². The maximum Gasteiger partial charge on any atom is 0.290 e. The molecule has 0 fully saturated rings. The molecule has 2 rings (SSSR count). The Bertz CT molecular complexity index is 237. The highest BCUT2D eigenvalue weighted by Crippen LogP contribution is 2.51. The normalized spacial score (nSPS) is 15.4. The third-order valence-electron chi connectivity index (χ3n) is 1.51. The van der Waals surface area contributed by atoms with Gasteiger partial charge in [0.1, 0.15) is 0 Å². The second-order valence-electron chi connectivity index (χ2n) is 2.28. The predicted octanol–water partition coefficient (Wildman–Crippen LogP) is 2.79. The number of hydrogen-bond donors (Lipinski definition) is 0. The largest absolute Gasteiger partial charge is 0.435 e. The molecule has 1 aliphatic heterocycles. The Morgan fingerprint density at radius 1 is 1.18 bits per heavy atom. The van der Waals surface area contributed by atoms with Crippen LogP contribution in [0.2, 0.25) is 0 Å². The predicted molar refractivity (Wildman–Crippen MR) is 45.2 cm³/mol. The van der Waals surface area contributed by atoms with Crippen molar-refractivity contribution in [3.63, 3.8) is 0 Å². The number of rotatable bonds is 1. The van der Waals surface area contributed by atoms with Crippen LogP contribution in [0.25, 0.3) is 0 Å². The monoisotopic (exact) mass is 168 g/mol. The summed E-state index contributed by atoms with van der Waals surface area (Å²) in [6.45, 7) is 2.07. The van der Waals surface area contributed by atoms with E-state index in [1.807, 2.05) is 24.3 Å². The van der Waals surface area contributed by atoms with Crippen molar-refractivity contribution in [3.05, 3.63) is 24.3 Å². The Morgan fingerprint density at radius 2 is 1.73 bits per heavy atom. The molecule has 1 aliphatic rings. The Morgan fingerprint density at radius 3 is 2.18 bits per heavy atom. The van der Waals surface area contributed by atoms with Crippen LogP contribution in [0.4, 0.5) is 0 Å². The molecule has 0 aromatic heterocycles. The fourth-order valence-electron chi connectivity index (χ4n) is 0.968.